The zero-order chi connectivity index (χ0) is 21.6. The van der Waals surface area contributed by atoms with Crippen molar-refractivity contribution in [1.82, 2.24) is 9.91 Å². The molecule has 1 amide bonds. The van der Waals surface area contributed by atoms with Crippen LogP contribution in [0.2, 0.25) is 0 Å². The summed E-state index contributed by atoms with van der Waals surface area (Å²) in [6, 6.07) is 2.84. The average molecular weight is 419 g/mol. The lowest BCUT2D eigenvalue weighted by Gasteiger charge is -2.41. The standard InChI is InChI=1S/C22H27F2N3O3/c1-22(2,21(29)30)12-26-10-13-3-4-14(11-26)19(13)20(28)27-18(5-6-25-27)15-7-16(23)9-17(24)8-15/h6-9,13-14,18-19H,3-5,10-12H2,1-2H3,(H,29,30). The highest BCUT2D eigenvalue weighted by Crippen LogP contribution is 2.45. The molecular formula is C22H27F2N3O3. The van der Waals surface area contributed by atoms with Gasteiger partial charge in [-0.15, -0.1) is 0 Å². The van der Waals surface area contributed by atoms with Crippen LogP contribution < -0.4 is 0 Å². The van der Waals surface area contributed by atoms with Crippen LogP contribution in [0.4, 0.5) is 8.78 Å². The summed E-state index contributed by atoms with van der Waals surface area (Å²) in [7, 11) is 0. The fraction of sp³-hybridized carbons (Fsp3) is 0.591. The van der Waals surface area contributed by atoms with E-state index in [1.165, 1.54) is 17.1 Å². The predicted octanol–water partition coefficient (Wildman–Crippen LogP) is 3.29. The maximum Gasteiger partial charge on any atom is 0.310 e. The van der Waals surface area contributed by atoms with Crippen molar-refractivity contribution in [2.45, 2.75) is 39.2 Å². The second-order valence-electron chi connectivity index (χ2n) is 9.44. The SMILES string of the molecule is CC(C)(CN1CC2CCC(C1)C2C(=O)N1N=CCC1c1cc(F)cc(F)c1)C(=O)O. The van der Waals surface area contributed by atoms with Crippen LogP contribution in [0, 0.1) is 34.8 Å². The topological polar surface area (TPSA) is 73.2 Å². The summed E-state index contributed by atoms with van der Waals surface area (Å²) >= 11 is 0. The number of carbonyl (C=O) groups excluding carboxylic acids is 1. The fourth-order valence-electron chi connectivity index (χ4n) is 5.30. The van der Waals surface area contributed by atoms with Crippen LogP contribution in [0.5, 0.6) is 0 Å². The van der Waals surface area contributed by atoms with Crippen LogP contribution in [-0.2, 0) is 9.59 Å². The summed E-state index contributed by atoms with van der Waals surface area (Å²) in [5.74, 6) is -2.17. The molecule has 3 unspecified atom stereocenters. The van der Waals surface area contributed by atoms with Crippen molar-refractivity contribution in [3.63, 3.8) is 0 Å². The van der Waals surface area contributed by atoms with Crippen LogP contribution >= 0.6 is 0 Å². The summed E-state index contributed by atoms with van der Waals surface area (Å²) in [6.07, 6.45) is 3.89. The minimum absolute atomic E-state index is 0.0944. The van der Waals surface area contributed by atoms with Gasteiger partial charge in [-0.1, -0.05) is 0 Å². The number of hydrogen-bond donors (Lipinski definition) is 1. The van der Waals surface area contributed by atoms with Gasteiger partial charge in [0.25, 0.3) is 0 Å². The number of carbonyl (C=O) groups is 2. The van der Waals surface area contributed by atoms with E-state index >= 15 is 0 Å². The van der Waals surface area contributed by atoms with Crippen molar-refractivity contribution >= 4 is 18.1 Å². The van der Waals surface area contributed by atoms with E-state index in [1.54, 1.807) is 20.1 Å². The normalized spacial score (nSPS) is 28.9. The first kappa shape index (κ1) is 20.9. The Hall–Kier alpha value is -2.35. The molecule has 2 aliphatic heterocycles. The molecule has 2 heterocycles. The fourth-order valence-corrected chi connectivity index (χ4v) is 5.30. The van der Waals surface area contributed by atoms with Crippen LogP contribution in [0.1, 0.15) is 44.7 Å². The van der Waals surface area contributed by atoms with E-state index < -0.39 is 29.1 Å². The largest absolute Gasteiger partial charge is 0.481 e. The molecule has 2 fully saturated rings. The molecule has 1 saturated carbocycles. The minimum atomic E-state index is -0.845. The molecule has 0 spiro atoms. The molecule has 3 aliphatic rings. The zero-order valence-corrected chi connectivity index (χ0v) is 17.2. The van der Waals surface area contributed by atoms with E-state index in [2.05, 4.69) is 10.0 Å². The van der Waals surface area contributed by atoms with Crippen molar-refractivity contribution in [3.05, 3.63) is 35.4 Å². The Morgan fingerprint density at radius 1 is 1.13 bits per heavy atom. The summed E-state index contributed by atoms with van der Waals surface area (Å²) in [6.45, 7) is 5.25. The first-order valence-corrected chi connectivity index (χ1v) is 10.4. The molecule has 1 aliphatic carbocycles. The molecule has 4 rings (SSSR count). The number of nitrogens with zero attached hydrogens (tertiary/aromatic N) is 3. The van der Waals surface area contributed by atoms with Crippen LogP contribution in [0.25, 0.3) is 0 Å². The van der Waals surface area contributed by atoms with Gasteiger partial charge in [-0.05, 0) is 56.2 Å². The van der Waals surface area contributed by atoms with Gasteiger partial charge in [0.1, 0.15) is 11.6 Å². The van der Waals surface area contributed by atoms with Crippen LogP contribution in [0.15, 0.2) is 23.3 Å². The summed E-state index contributed by atoms with van der Waals surface area (Å²) < 4.78 is 27.4. The predicted molar refractivity (Wildman–Crippen MR) is 107 cm³/mol. The molecule has 6 nitrogen and oxygen atoms in total. The van der Waals surface area contributed by atoms with Gasteiger partial charge in [-0.25, -0.2) is 13.8 Å². The van der Waals surface area contributed by atoms with Crippen molar-refractivity contribution < 1.29 is 23.5 Å². The van der Waals surface area contributed by atoms with E-state index in [1.807, 2.05) is 0 Å². The Morgan fingerprint density at radius 2 is 1.73 bits per heavy atom. The number of piperidine rings is 1. The Labute approximate surface area is 174 Å². The number of hydrogen-bond acceptors (Lipinski definition) is 4. The summed E-state index contributed by atoms with van der Waals surface area (Å²) in [5, 5.41) is 15.1. The van der Waals surface area contributed by atoms with E-state index in [0.717, 1.165) is 18.9 Å². The molecule has 1 aromatic carbocycles. The monoisotopic (exact) mass is 419 g/mol. The van der Waals surface area contributed by atoms with Crippen molar-refractivity contribution in [1.29, 1.82) is 0 Å². The highest BCUT2D eigenvalue weighted by atomic mass is 19.1. The van der Waals surface area contributed by atoms with Gasteiger partial charge in [0, 0.05) is 44.3 Å². The number of likely N-dealkylation sites (tertiary alicyclic amines) is 1. The Balaban J connectivity index is 1.49. The van der Waals surface area contributed by atoms with Crippen molar-refractivity contribution in [2.75, 3.05) is 19.6 Å². The van der Waals surface area contributed by atoms with E-state index in [0.29, 0.717) is 31.6 Å². The van der Waals surface area contributed by atoms with Gasteiger partial charge >= 0.3 is 5.97 Å². The number of carboxylic acids is 1. The van der Waals surface area contributed by atoms with Gasteiger partial charge in [-0.2, -0.15) is 5.10 Å². The molecule has 0 aromatic heterocycles. The van der Waals surface area contributed by atoms with Crippen LogP contribution in [-0.4, -0.2) is 52.7 Å². The Kier molecular flexibility index (Phi) is 5.38. The van der Waals surface area contributed by atoms with E-state index in [4.69, 9.17) is 0 Å². The van der Waals surface area contributed by atoms with Gasteiger partial charge in [0.2, 0.25) is 5.91 Å². The number of amides is 1. The first-order chi connectivity index (χ1) is 14.2. The second kappa shape index (κ2) is 7.72. The first-order valence-electron chi connectivity index (χ1n) is 10.4. The number of rotatable bonds is 5. The summed E-state index contributed by atoms with van der Waals surface area (Å²) in [5.41, 5.74) is -0.437. The number of carboxylic acid groups (broad SMARTS) is 1. The molecule has 2 bridgehead atoms. The number of hydrazone groups is 1. The highest BCUT2D eigenvalue weighted by Gasteiger charge is 2.49. The average Bonchev–Trinajstić information content (AvgIpc) is 3.23. The number of halogens is 2. The van der Waals surface area contributed by atoms with Crippen molar-refractivity contribution in [2.24, 2.45) is 28.3 Å². The molecule has 1 aromatic rings. The zero-order valence-electron chi connectivity index (χ0n) is 17.2. The number of benzene rings is 1. The lowest BCUT2D eigenvalue weighted by molar-refractivity contribution is -0.150. The third-order valence-corrected chi connectivity index (χ3v) is 6.72. The third kappa shape index (κ3) is 3.85. The van der Waals surface area contributed by atoms with Crippen molar-refractivity contribution in [3.8, 4) is 0 Å². The lowest BCUT2D eigenvalue weighted by atomic mass is 9.82. The van der Waals surface area contributed by atoms with E-state index in [9.17, 15) is 23.5 Å². The van der Waals surface area contributed by atoms with Gasteiger partial charge in [-0.3, -0.25) is 9.59 Å². The maximum atomic E-state index is 13.7. The molecule has 0 radical (unpaired) electrons. The minimum Gasteiger partial charge on any atom is -0.481 e. The molecule has 1 saturated heterocycles. The maximum absolute atomic E-state index is 13.7. The molecule has 3 atom stereocenters. The molecule has 1 N–H and O–H groups in total. The molecule has 8 heteroatoms. The molecule has 30 heavy (non-hydrogen) atoms. The van der Waals surface area contributed by atoms with Gasteiger partial charge in [0.05, 0.1) is 11.5 Å². The second-order valence-corrected chi connectivity index (χ2v) is 9.44. The quantitative estimate of drug-likeness (QED) is 0.795. The molecular weight excluding hydrogens is 392 g/mol. The lowest BCUT2D eigenvalue weighted by Crippen LogP contribution is -2.51. The van der Waals surface area contributed by atoms with Gasteiger partial charge in [0.15, 0.2) is 0 Å². The number of aliphatic carboxylic acids is 1. The Bertz CT molecular complexity index is 854. The highest BCUT2D eigenvalue weighted by molar-refractivity contribution is 5.83. The van der Waals surface area contributed by atoms with Crippen LogP contribution in [0.3, 0.4) is 0 Å². The van der Waals surface area contributed by atoms with E-state index in [-0.39, 0.29) is 23.7 Å². The Morgan fingerprint density at radius 3 is 2.30 bits per heavy atom. The van der Waals surface area contributed by atoms with Gasteiger partial charge < -0.3 is 10.0 Å². The smallest absolute Gasteiger partial charge is 0.310 e. The number of fused-ring (bicyclic) bond motifs is 2. The third-order valence-electron chi connectivity index (χ3n) is 6.72. The summed E-state index contributed by atoms with van der Waals surface area (Å²) in [4.78, 5) is 27.1. The molecule has 162 valence electrons.